The summed E-state index contributed by atoms with van der Waals surface area (Å²) in [5, 5.41) is 3.64. The molecule has 0 radical (unpaired) electrons. The lowest BCUT2D eigenvalue weighted by Gasteiger charge is -2.27. The molecule has 278 valence electrons. The van der Waals surface area contributed by atoms with Crippen LogP contribution < -0.4 is 20.5 Å². The quantitative estimate of drug-likeness (QED) is 0.150. The highest BCUT2D eigenvalue weighted by atomic mass is 16.5. The van der Waals surface area contributed by atoms with E-state index in [2.05, 4.69) is 70.2 Å². The van der Waals surface area contributed by atoms with Crippen molar-refractivity contribution >= 4 is 5.78 Å². The normalized spacial score (nSPS) is 15.9. The summed E-state index contributed by atoms with van der Waals surface area (Å²) in [4.78, 5) is 20.4. The molecule has 0 saturated carbocycles. The lowest BCUT2D eigenvalue weighted by molar-refractivity contribution is 0.101. The Kier molecular flexibility index (Phi) is 22.9. The number of carbonyl (C=O) groups excluding carboxylic acids is 1. The summed E-state index contributed by atoms with van der Waals surface area (Å²) in [5.74, 6) is 1.88. The van der Waals surface area contributed by atoms with Gasteiger partial charge in [0.15, 0.2) is 5.78 Å². The maximum atomic E-state index is 11.0. The third kappa shape index (κ3) is 20.7. The molecule has 2 aliphatic rings. The number of rotatable bonds is 18. The molecule has 0 aromatic heterocycles. The van der Waals surface area contributed by atoms with Crippen molar-refractivity contribution in [1.29, 1.82) is 0 Å². The van der Waals surface area contributed by atoms with Crippen LogP contribution in [0.2, 0.25) is 0 Å². The Morgan fingerprint density at radius 1 is 0.735 bits per heavy atom. The predicted molar refractivity (Wildman–Crippen MR) is 206 cm³/mol. The Balaban J connectivity index is 0.000000285. The van der Waals surface area contributed by atoms with Crippen LogP contribution in [0.25, 0.3) is 0 Å². The summed E-state index contributed by atoms with van der Waals surface area (Å²) in [6, 6.07) is 16.2. The first-order valence-electron chi connectivity index (χ1n) is 18.8. The molecule has 0 bridgehead atoms. The molecule has 1 atom stereocenters. The van der Waals surface area contributed by atoms with E-state index in [-0.39, 0.29) is 5.78 Å². The van der Waals surface area contributed by atoms with Gasteiger partial charge in [0, 0.05) is 50.9 Å². The van der Waals surface area contributed by atoms with Gasteiger partial charge < -0.3 is 40.1 Å². The van der Waals surface area contributed by atoms with Crippen LogP contribution in [0.5, 0.6) is 11.5 Å². The van der Waals surface area contributed by atoms with E-state index in [9.17, 15) is 4.79 Å². The van der Waals surface area contributed by atoms with Gasteiger partial charge in [-0.05, 0) is 149 Å². The first-order valence-corrected chi connectivity index (χ1v) is 18.8. The van der Waals surface area contributed by atoms with E-state index in [4.69, 9.17) is 15.2 Å². The molecule has 9 nitrogen and oxygen atoms in total. The molecule has 2 aromatic carbocycles. The topological polar surface area (TPSA) is 86.5 Å². The standard InChI is InChI=1S/C20H35N3O.C13H19NO2.C7H16N2/c1-18(21-12-16-23-14-5-4-6-15-23)19-8-10-20(11-9-19)24-17-7-13-22(2)3;1-11(15)12-5-7-13(8-6-12)16-10-4-9-14(2)3;8-4-7-9-5-2-1-3-6-9/h8-11,18,21H,4-7,12-17H2,1-3H3;5-8H,4,9-10H2,1-3H3;1-8H2. The van der Waals surface area contributed by atoms with Gasteiger partial charge in [0.25, 0.3) is 0 Å². The van der Waals surface area contributed by atoms with Gasteiger partial charge in [0.2, 0.25) is 0 Å². The summed E-state index contributed by atoms with van der Waals surface area (Å²) in [5.41, 5.74) is 7.47. The number of nitrogens with two attached hydrogens (primary N) is 1. The third-order valence-electron chi connectivity index (χ3n) is 8.90. The van der Waals surface area contributed by atoms with Crippen molar-refractivity contribution in [1.82, 2.24) is 24.9 Å². The zero-order chi connectivity index (χ0) is 35.7. The molecule has 2 saturated heterocycles. The van der Waals surface area contributed by atoms with Crippen molar-refractivity contribution in [2.24, 2.45) is 5.73 Å². The molecule has 0 spiro atoms. The van der Waals surface area contributed by atoms with Gasteiger partial charge >= 0.3 is 0 Å². The van der Waals surface area contributed by atoms with Gasteiger partial charge in [0.1, 0.15) is 11.5 Å². The molecular formula is C40H70N6O3. The predicted octanol–water partition coefficient (Wildman–Crippen LogP) is 5.80. The fraction of sp³-hybridized carbons (Fsp3) is 0.675. The largest absolute Gasteiger partial charge is 0.494 e. The van der Waals surface area contributed by atoms with Crippen LogP contribution in [0.1, 0.15) is 87.2 Å². The highest BCUT2D eigenvalue weighted by Gasteiger charge is 2.11. The van der Waals surface area contributed by atoms with E-state index < -0.39 is 0 Å². The number of ether oxygens (including phenoxy) is 2. The zero-order valence-corrected chi connectivity index (χ0v) is 31.9. The molecule has 0 aliphatic carbocycles. The van der Waals surface area contributed by atoms with Gasteiger partial charge in [-0.2, -0.15) is 0 Å². The zero-order valence-electron chi connectivity index (χ0n) is 31.9. The SMILES string of the molecule is CC(=O)c1ccc(OCCCN(C)C)cc1.CC(NCCN1CCCCC1)c1ccc(OCCCN(C)C)cc1.NCCN1CCCCC1. The van der Waals surface area contributed by atoms with Crippen LogP contribution in [0.3, 0.4) is 0 Å². The second-order valence-electron chi connectivity index (χ2n) is 13.9. The minimum atomic E-state index is 0.0826. The Bertz CT molecular complexity index is 1080. The lowest BCUT2D eigenvalue weighted by Crippen LogP contribution is -2.36. The Morgan fingerprint density at radius 3 is 1.61 bits per heavy atom. The van der Waals surface area contributed by atoms with E-state index in [1.54, 1.807) is 19.1 Å². The van der Waals surface area contributed by atoms with E-state index in [1.807, 2.05) is 26.2 Å². The summed E-state index contributed by atoms with van der Waals surface area (Å²) in [6.45, 7) is 16.6. The molecule has 2 aromatic rings. The summed E-state index contributed by atoms with van der Waals surface area (Å²) in [7, 11) is 8.27. The van der Waals surface area contributed by atoms with Gasteiger partial charge in [0.05, 0.1) is 13.2 Å². The second kappa shape index (κ2) is 26.3. The fourth-order valence-electron chi connectivity index (χ4n) is 5.89. The number of Topliss-reactive ketones (excluding diaryl/α,β-unsaturated/α-hetero) is 1. The number of piperidine rings is 2. The number of carbonyl (C=O) groups is 1. The summed E-state index contributed by atoms with van der Waals surface area (Å²) >= 11 is 0. The highest BCUT2D eigenvalue weighted by molar-refractivity contribution is 5.94. The van der Waals surface area contributed by atoms with Crippen molar-refractivity contribution in [3.05, 3.63) is 59.7 Å². The average Bonchev–Trinajstić information content (AvgIpc) is 3.10. The molecular weight excluding hydrogens is 612 g/mol. The van der Waals surface area contributed by atoms with Crippen LogP contribution in [-0.4, -0.2) is 132 Å². The number of hydrogen-bond donors (Lipinski definition) is 2. The van der Waals surface area contributed by atoms with E-state index in [1.165, 1.54) is 70.3 Å². The number of nitrogens with one attached hydrogen (secondary N) is 1. The molecule has 2 heterocycles. The van der Waals surface area contributed by atoms with Crippen molar-refractivity contribution in [2.75, 3.05) is 107 Å². The maximum absolute atomic E-state index is 11.0. The van der Waals surface area contributed by atoms with Crippen molar-refractivity contribution in [3.63, 3.8) is 0 Å². The van der Waals surface area contributed by atoms with Crippen molar-refractivity contribution in [3.8, 4) is 11.5 Å². The van der Waals surface area contributed by atoms with Crippen LogP contribution in [-0.2, 0) is 0 Å². The second-order valence-corrected chi connectivity index (χ2v) is 13.9. The van der Waals surface area contributed by atoms with Crippen LogP contribution in [0, 0.1) is 0 Å². The van der Waals surface area contributed by atoms with Crippen molar-refractivity contribution < 1.29 is 14.3 Å². The highest BCUT2D eigenvalue weighted by Crippen LogP contribution is 2.18. The Labute approximate surface area is 299 Å². The van der Waals surface area contributed by atoms with E-state index >= 15 is 0 Å². The molecule has 0 amide bonds. The molecule has 3 N–H and O–H groups in total. The van der Waals surface area contributed by atoms with Gasteiger partial charge in [-0.1, -0.05) is 25.0 Å². The van der Waals surface area contributed by atoms with E-state index in [0.29, 0.717) is 12.6 Å². The van der Waals surface area contributed by atoms with Crippen LogP contribution >= 0.6 is 0 Å². The first-order chi connectivity index (χ1) is 23.7. The number of nitrogens with zero attached hydrogens (tertiary/aromatic N) is 4. The van der Waals surface area contributed by atoms with Gasteiger partial charge in [-0.25, -0.2) is 0 Å². The Hall–Kier alpha value is -2.53. The van der Waals surface area contributed by atoms with Crippen molar-refractivity contribution in [2.45, 2.75) is 71.3 Å². The monoisotopic (exact) mass is 683 g/mol. The first kappa shape index (κ1) is 42.6. The van der Waals surface area contributed by atoms with Crippen LogP contribution in [0.4, 0.5) is 0 Å². The molecule has 49 heavy (non-hydrogen) atoms. The maximum Gasteiger partial charge on any atom is 0.159 e. The number of ketones is 1. The average molecular weight is 683 g/mol. The molecule has 2 fully saturated rings. The molecule has 1 unspecified atom stereocenters. The van der Waals surface area contributed by atoms with Gasteiger partial charge in [-0.3, -0.25) is 4.79 Å². The molecule has 2 aliphatic heterocycles. The number of benzene rings is 2. The smallest absolute Gasteiger partial charge is 0.159 e. The van der Waals surface area contributed by atoms with Gasteiger partial charge in [-0.15, -0.1) is 0 Å². The lowest BCUT2D eigenvalue weighted by atomic mass is 10.1. The third-order valence-corrected chi connectivity index (χ3v) is 8.90. The van der Waals surface area contributed by atoms with Crippen LogP contribution in [0.15, 0.2) is 48.5 Å². The fourth-order valence-corrected chi connectivity index (χ4v) is 5.89. The minimum absolute atomic E-state index is 0.0826. The molecule has 9 heteroatoms. The van der Waals surface area contributed by atoms with E-state index in [0.717, 1.165) is 75.8 Å². The summed E-state index contributed by atoms with van der Waals surface area (Å²) in [6.07, 6.45) is 10.4. The summed E-state index contributed by atoms with van der Waals surface area (Å²) < 4.78 is 11.4. The molecule has 4 rings (SSSR count). The Morgan fingerprint density at radius 2 is 1.18 bits per heavy atom. The minimum Gasteiger partial charge on any atom is -0.494 e. The number of likely N-dealkylation sites (tertiary alicyclic amines) is 2. The number of hydrogen-bond acceptors (Lipinski definition) is 9.